The van der Waals surface area contributed by atoms with Crippen LogP contribution < -0.4 is 5.73 Å². The first-order valence-electron chi connectivity index (χ1n) is 7.27. The Morgan fingerprint density at radius 1 is 1.24 bits per heavy atom. The van der Waals surface area contributed by atoms with Crippen LogP contribution in [0.1, 0.15) is 40.0 Å². The Kier molecular flexibility index (Phi) is 4.11. The molecule has 2 heterocycles. The zero-order valence-corrected chi connectivity index (χ0v) is 11.8. The van der Waals surface area contributed by atoms with Gasteiger partial charge in [-0.2, -0.15) is 0 Å². The van der Waals surface area contributed by atoms with Gasteiger partial charge in [-0.1, -0.05) is 13.8 Å². The van der Waals surface area contributed by atoms with Crippen molar-refractivity contribution in [1.29, 1.82) is 0 Å². The fourth-order valence-corrected chi connectivity index (χ4v) is 3.34. The van der Waals surface area contributed by atoms with E-state index < -0.39 is 0 Å². The van der Waals surface area contributed by atoms with E-state index in [4.69, 9.17) is 5.73 Å². The summed E-state index contributed by atoms with van der Waals surface area (Å²) < 4.78 is 0. The minimum absolute atomic E-state index is 0.189. The summed E-state index contributed by atoms with van der Waals surface area (Å²) in [5.41, 5.74) is 6.22. The Labute approximate surface area is 106 Å². The summed E-state index contributed by atoms with van der Waals surface area (Å²) in [4.78, 5) is 5.33. The molecule has 0 aliphatic carbocycles. The first-order valence-corrected chi connectivity index (χ1v) is 7.27. The molecule has 2 rings (SSSR count). The number of hydrogen-bond donors (Lipinski definition) is 1. The van der Waals surface area contributed by atoms with Gasteiger partial charge in [-0.15, -0.1) is 0 Å². The van der Waals surface area contributed by atoms with E-state index >= 15 is 0 Å². The third-order valence-electron chi connectivity index (χ3n) is 5.20. The molecule has 0 spiro atoms. The van der Waals surface area contributed by atoms with Crippen molar-refractivity contribution in [3.8, 4) is 0 Å². The Balaban J connectivity index is 1.96. The number of hydrogen-bond acceptors (Lipinski definition) is 3. The zero-order chi connectivity index (χ0) is 12.5. The van der Waals surface area contributed by atoms with E-state index in [1.165, 1.54) is 45.4 Å². The van der Waals surface area contributed by atoms with Gasteiger partial charge in [0.1, 0.15) is 0 Å². The van der Waals surface area contributed by atoms with Gasteiger partial charge in [0.25, 0.3) is 0 Å². The second kappa shape index (κ2) is 5.25. The molecular formula is C14H29N3. The van der Waals surface area contributed by atoms with Crippen molar-refractivity contribution in [2.24, 2.45) is 11.7 Å². The lowest BCUT2D eigenvalue weighted by molar-refractivity contribution is 0.0835. The maximum absolute atomic E-state index is 6.03. The van der Waals surface area contributed by atoms with Gasteiger partial charge in [0.2, 0.25) is 0 Å². The molecule has 0 amide bonds. The highest BCUT2D eigenvalue weighted by atomic mass is 15.3. The normalized spacial score (nSPS) is 31.2. The Hall–Kier alpha value is -0.120. The molecule has 100 valence electrons. The molecule has 0 aromatic rings. The topological polar surface area (TPSA) is 32.5 Å². The van der Waals surface area contributed by atoms with Crippen molar-refractivity contribution in [1.82, 2.24) is 9.80 Å². The molecule has 2 aliphatic heterocycles. The molecule has 0 saturated carbocycles. The number of nitrogens with zero attached hydrogens (tertiary/aromatic N) is 2. The van der Waals surface area contributed by atoms with Crippen LogP contribution in [-0.2, 0) is 0 Å². The van der Waals surface area contributed by atoms with Crippen molar-refractivity contribution < 1.29 is 0 Å². The number of rotatable bonds is 4. The fourth-order valence-electron chi connectivity index (χ4n) is 3.34. The van der Waals surface area contributed by atoms with Crippen molar-refractivity contribution in [2.75, 3.05) is 32.7 Å². The van der Waals surface area contributed by atoms with E-state index in [2.05, 4.69) is 30.6 Å². The van der Waals surface area contributed by atoms with Crippen LogP contribution in [0.4, 0.5) is 0 Å². The van der Waals surface area contributed by atoms with E-state index in [0.717, 1.165) is 12.6 Å². The van der Waals surface area contributed by atoms with Crippen LogP contribution in [0.15, 0.2) is 0 Å². The average Bonchev–Trinajstić information content (AvgIpc) is 2.97. The maximum atomic E-state index is 6.03. The highest BCUT2D eigenvalue weighted by molar-refractivity contribution is 4.97. The van der Waals surface area contributed by atoms with Gasteiger partial charge in [-0.3, -0.25) is 9.80 Å². The molecule has 0 aromatic carbocycles. The molecule has 0 radical (unpaired) electrons. The van der Waals surface area contributed by atoms with Crippen LogP contribution in [0.25, 0.3) is 0 Å². The van der Waals surface area contributed by atoms with Gasteiger partial charge in [0.15, 0.2) is 0 Å². The average molecular weight is 239 g/mol. The van der Waals surface area contributed by atoms with Gasteiger partial charge >= 0.3 is 0 Å². The Morgan fingerprint density at radius 2 is 1.88 bits per heavy atom. The van der Waals surface area contributed by atoms with Crippen molar-refractivity contribution in [2.45, 2.75) is 51.6 Å². The SMILES string of the molecule is CC(C)C(C)(CN)N1CCC(N2CCCC2)C1. The molecule has 2 saturated heterocycles. The molecule has 2 N–H and O–H groups in total. The van der Waals surface area contributed by atoms with Crippen LogP contribution in [0.3, 0.4) is 0 Å². The quantitative estimate of drug-likeness (QED) is 0.807. The molecule has 0 aromatic heterocycles. The predicted molar refractivity (Wildman–Crippen MR) is 73.1 cm³/mol. The molecule has 17 heavy (non-hydrogen) atoms. The minimum Gasteiger partial charge on any atom is -0.329 e. The second-order valence-corrected chi connectivity index (χ2v) is 6.35. The fraction of sp³-hybridized carbons (Fsp3) is 1.00. The molecule has 3 heteroatoms. The molecular weight excluding hydrogens is 210 g/mol. The third-order valence-corrected chi connectivity index (χ3v) is 5.20. The van der Waals surface area contributed by atoms with E-state index in [1.54, 1.807) is 0 Å². The molecule has 0 bridgehead atoms. The van der Waals surface area contributed by atoms with Crippen molar-refractivity contribution in [3.63, 3.8) is 0 Å². The monoisotopic (exact) mass is 239 g/mol. The van der Waals surface area contributed by atoms with Crippen molar-refractivity contribution >= 4 is 0 Å². The van der Waals surface area contributed by atoms with Gasteiger partial charge < -0.3 is 5.73 Å². The number of likely N-dealkylation sites (tertiary alicyclic amines) is 2. The van der Waals surface area contributed by atoms with Crippen LogP contribution in [0.2, 0.25) is 0 Å². The highest BCUT2D eigenvalue weighted by Gasteiger charge is 2.39. The van der Waals surface area contributed by atoms with E-state index in [1.807, 2.05) is 0 Å². The van der Waals surface area contributed by atoms with E-state index in [-0.39, 0.29) is 5.54 Å². The number of nitrogens with two attached hydrogens (primary N) is 1. The first-order chi connectivity index (χ1) is 8.08. The van der Waals surface area contributed by atoms with E-state index in [0.29, 0.717) is 5.92 Å². The summed E-state index contributed by atoms with van der Waals surface area (Å²) in [7, 11) is 0. The standard InChI is InChI=1S/C14H29N3/c1-12(2)14(3,11-15)17-9-6-13(10-17)16-7-4-5-8-16/h12-13H,4-11,15H2,1-3H3. The van der Waals surface area contributed by atoms with Crippen LogP contribution in [-0.4, -0.2) is 54.1 Å². The van der Waals surface area contributed by atoms with Crippen LogP contribution >= 0.6 is 0 Å². The summed E-state index contributed by atoms with van der Waals surface area (Å²) in [6.45, 7) is 12.8. The summed E-state index contributed by atoms with van der Waals surface area (Å²) in [5.74, 6) is 0.629. The van der Waals surface area contributed by atoms with Crippen molar-refractivity contribution in [3.05, 3.63) is 0 Å². The Morgan fingerprint density at radius 3 is 2.41 bits per heavy atom. The molecule has 2 atom stereocenters. The van der Waals surface area contributed by atoms with Gasteiger partial charge in [0, 0.05) is 31.2 Å². The molecule has 2 unspecified atom stereocenters. The lowest BCUT2D eigenvalue weighted by Crippen LogP contribution is -2.55. The summed E-state index contributed by atoms with van der Waals surface area (Å²) in [5, 5.41) is 0. The van der Waals surface area contributed by atoms with Gasteiger partial charge in [0.05, 0.1) is 0 Å². The van der Waals surface area contributed by atoms with E-state index in [9.17, 15) is 0 Å². The first kappa shape index (κ1) is 13.3. The lowest BCUT2D eigenvalue weighted by atomic mass is 9.87. The summed E-state index contributed by atoms with van der Waals surface area (Å²) in [6, 6.07) is 0.794. The molecule has 3 nitrogen and oxygen atoms in total. The zero-order valence-electron chi connectivity index (χ0n) is 11.8. The smallest absolute Gasteiger partial charge is 0.0327 e. The molecule has 2 fully saturated rings. The molecule has 2 aliphatic rings. The summed E-state index contributed by atoms with van der Waals surface area (Å²) >= 11 is 0. The van der Waals surface area contributed by atoms with Gasteiger partial charge in [-0.25, -0.2) is 0 Å². The predicted octanol–water partition coefficient (Wildman–Crippen LogP) is 1.53. The largest absolute Gasteiger partial charge is 0.329 e. The highest BCUT2D eigenvalue weighted by Crippen LogP contribution is 2.30. The summed E-state index contributed by atoms with van der Waals surface area (Å²) in [6.07, 6.45) is 4.13. The lowest BCUT2D eigenvalue weighted by Gasteiger charge is -2.42. The maximum Gasteiger partial charge on any atom is 0.0327 e. The van der Waals surface area contributed by atoms with Gasteiger partial charge in [-0.05, 0) is 45.2 Å². The Bertz CT molecular complexity index is 248. The van der Waals surface area contributed by atoms with Crippen LogP contribution in [0.5, 0.6) is 0 Å². The third kappa shape index (κ3) is 2.51. The minimum atomic E-state index is 0.189. The second-order valence-electron chi connectivity index (χ2n) is 6.35. The van der Waals surface area contributed by atoms with Crippen LogP contribution in [0, 0.1) is 5.92 Å².